The van der Waals surface area contributed by atoms with Gasteiger partial charge in [-0.3, -0.25) is 4.79 Å². The van der Waals surface area contributed by atoms with Gasteiger partial charge in [-0.15, -0.1) is 5.92 Å². The van der Waals surface area contributed by atoms with E-state index in [0.29, 0.717) is 0 Å². The van der Waals surface area contributed by atoms with Crippen LogP contribution in [0.2, 0.25) is 0 Å². The summed E-state index contributed by atoms with van der Waals surface area (Å²) in [6.07, 6.45) is 2.76. The number of rotatable bonds is 5. The molecule has 0 saturated carbocycles. The quantitative estimate of drug-likeness (QED) is 0.513. The molecule has 0 saturated heterocycles. The van der Waals surface area contributed by atoms with Gasteiger partial charge in [-0.2, -0.15) is 0 Å². The summed E-state index contributed by atoms with van der Waals surface area (Å²) in [6.45, 7) is 7.27. The summed E-state index contributed by atoms with van der Waals surface area (Å²) in [4.78, 5) is 11.1. The molecule has 0 radical (unpaired) electrons. The Morgan fingerprint density at radius 3 is 2.40 bits per heavy atom. The summed E-state index contributed by atoms with van der Waals surface area (Å²) >= 11 is 0. The van der Waals surface area contributed by atoms with Gasteiger partial charge in [-0.05, 0) is 32.8 Å². The first-order chi connectivity index (χ1) is 7.06. The number of ether oxygens (including phenoxy) is 1. The molecule has 15 heavy (non-hydrogen) atoms. The maximum atomic E-state index is 11.1. The Bertz CT molecular complexity index is 291. The number of hydrogen-bond donors (Lipinski definition) is 0. The average molecular weight is 208 g/mol. The molecule has 0 aliphatic rings. The Balaban J connectivity index is 4.79. The monoisotopic (exact) mass is 208 g/mol. The average Bonchev–Trinajstić information content (AvgIpc) is 2.22. The summed E-state index contributed by atoms with van der Waals surface area (Å²) < 4.78 is 5.29. The zero-order chi connectivity index (χ0) is 11.8. The minimum absolute atomic E-state index is 0.104. The zero-order valence-corrected chi connectivity index (χ0v) is 10.3. The highest BCUT2D eigenvalue weighted by Crippen LogP contribution is 2.15. The smallest absolute Gasteiger partial charge is 0.155 e. The van der Waals surface area contributed by atoms with Gasteiger partial charge in [0.1, 0.15) is 6.10 Å². The fraction of sp³-hybridized carbons (Fsp3) is 0.615. The number of carbonyl (C=O) groups excluding carboxylic acids is 1. The molecule has 0 aliphatic heterocycles. The summed E-state index contributed by atoms with van der Waals surface area (Å²) in [7, 11) is 1.65. The highest BCUT2D eigenvalue weighted by Gasteiger charge is 2.15. The number of allylic oxidation sites excluding steroid dienone is 1. The molecule has 2 heteroatoms. The second-order valence-electron chi connectivity index (χ2n) is 3.53. The predicted octanol–water partition coefficient (Wildman–Crippen LogP) is 2.59. The molecule has 84 valence electrons. The second kappa shape index (κ2) is 7.25. The van der Waals surface area contributed by atoms with Crippen LogP contribution < -0.4 is 0 Å². The van der Waals surface area contributed by atoms with E-state index in [4.69, 9.17) is 4.74 Å². The molecule has 0 aromatic rings. The van der Waals surface area contributed by atoms with Crippen LogP contribution >= 0.6 is 0 Å². The Morgan fingerprint density at radius 1 is 1.47 bits per heavy atom. The van der Waals surface area contributed by atoms with Crippen LogP contribution in [-0.4, -0.2) is 19.0 Å². The Labute approximate surface area is 92.7 Å². The van der Waals surface area contributed by atoms with Gasteiger partial charge in [0.15, 0.2) is 5.78 Å². The molecule has 2 atom stereocenters. The Hall–Kier alpha value is -1.07. The molecule has 0 amide bonds. The SMILES string of the molecule is CC#C[C@@H](OC)[C@@H](/C=C(/C)C(C)=O)CC. The molecular weight excluding hydrogens is 188 g/mol. The van der Waals surface area contributed by atoms with Crippen molar-refractivity contribution in [3.63, 3.8) is 0 Å². The first-order valence-corrected chi connectivity index (χ1v) is 5.21. The van der Waals surface area contributed by atoms with Crippen molar-refractivity contribution in [2.24, 2.45) is 5.92 Å². The van der Waals surface area contributed by atoms with E-state index >= 15 is 0 Å². The highest BCUT2D eigenvalue weighted by atomic mass is 16.5. The van der Waals surface area contributed by atoms with Gasteiger partial charge in [-0.1, -0.05) is 18.9 Å². The molecule has 0 bridgehead atoms. The maximum Gasteiger partial charge on any atom is 0.155 e. The van der Waals surface area contributed by atoms with Crippen LogP contribution in [0.5, 0.6) is 0 Å². The summed E-state index contributed by atoms with van der Waals surface area (Å²) in [6, 6.07) is 0. The van der Waals surface area contributed by atoms with Gasteiger partial charge in [0.05, 0.1) is 0 Å². The third-order valence-electron chi connectivity index (χ3n) is 2.42. The minimum atomic E-state index is -0.116. The van der Waals surface area contributed by atoms with Crippen molar-refractivity contribution < 1.29 is 9.53 Å². The molecule has 0 aromatic carbocycles. The number of carbonyl (C=O) groups is 1. The molecule has 0 heterocycles. The lowest BCUT2D eigenvalue weighted by molar-refractivity contribution is -0.113. The maximum absolute atomic E-state index is 11.1. The van der Waals surface area contributed by atoms with Crippen molar-refractivity contribution in [3.05, 3.63) is 11.6 Å². The van der Waals surface area contributed by atoms with E-state index in [1.54, 1.807) is 21.0 Å². The first kappa shape index (κ1) is 13.9. The normalized spacial score (nSPS) is 15.1. The van der Waals surface area contributed by atoms with E-state index in [-0.39, 0.29) is 17.8 Å². The molecule has 0 aliphatic carbocycles. The van der Waals surface area contributed by atoms with Crippen molar-refractivity contribution in [1.82, 2.24) is 0 Å². The largest absolute Gasteiger partial charge is 0.368 e. The lowest BCUT2D eigenvalue weighted by Gasteiger charge is -2.17. The first-order valence-electron chi connectivity index (χ1n) is 5.21. The van der Waals surface area contributed by atoms with E-state index in [2.05, 4.69) is 18.8 Å². The van der Waals surface area contributed by atoms with E-state index in [9.17, 15) is 4.79 Å². The van der Waals surface area contributed by atoms with Crippen molar-refractivity contribution in [2.75, 3.05) is 7.11 Å². The van der Waals surface area contributed by atoms with E-state index in [1.165, 1.54) is 0 Å². The van der Waals surface area contributed by atoms with Gasteiger partial charge >= 0.3 is 0 Å². The third kappa shape index (κ3) is 4.80. The fourth-order valence-corrected chi connectivity index (χ4v) is 1.34. The molecule has 0 unspecified atom stereocenters. The van der Waals surface area contributed by atoms with Gasteiger partial charge < -0.3 is 4.74 Å². The third-order valence-corrected chi connectivity index (χ3v) is 2.42. The van der Waals surface area contributed by atoms with Crippen LogP contribution in [0, 0.1) is 17.8 Å². The van der Waals surface area contributed by atoms with Gasteiger partial charge in [0, 0.05) is 13.0 Å². The molecule has 0 fully saturated rings. The minimum Gasteiger partial charge on any atom is -0.368 e. The number of ketones is 1. The van der Waals surface area contributed by atoms with Crippen molar-refractivity contribution >= 4 is 5.78 Å². The molecular formula is C13H20O2. The summed E-state index contributed by atoms with van der Waals surface area (Å²) in [5, 5.41) is 0. The van der Waals surface area contributed by atoms with Crippen LogP contribution in [0.1, 0.15) is 34.1 Å². The Morgan fingerprint density at radius 2 is 2.07 bits per heavy atom. The molecule has 0 N–H and O–H groups in total. The highest BCUT2D eigenvalue weighted by molar-refractivity contribution is 5.92. The van der Waals surface area contributed by atoms with Crippen LogP contribution in [0.25, 0.3) is 0 Å². The number of Topliss-reactive ketones (excluding diaryl/α,β-unsaturated/α-hetero) is 1. The fourth-order valence-electron chi connectivity index (χ4n) is 1.34. The topological polar surface area (TPSA) is 26.3 Å². The second-order valence-corrected chi connectivity index (χ2v) is 3.53. The van der Waals surface area contributed by atoms with Crippen LogP contribution in [-0.2, 0) is 9.53 Å². The van der Waals surface area contributed by atoms with Gasteiger partial charge in [0.2, 0.25) is 0 Å². The molecule has 2 nitrogen and oxygen atoms in total. The van der Waals surface area contributed by atoms with Crippen molar-refractivity contribution in [1.29, 1.82) is 0 Å². The van der Waals surface area contributed by atoms with E-state index < -0.39 is 0 Å². The number of hydrogen-bond acceptors (Lipinski definition) is 2. The predicted molar refractivity (Wildman–Crippen MR) is 62.5 cm³/mol. The van der Waals surface area contributed by atoms with Crippen molar-refractivity contribution in [3.8, 4) is 11.8 Å². The molecule has 0 aromatic heterocycles. The number of methoxy groups -OCH3 is 1. The molecule has 0 spiro atoms. The van der Waals surface area contributed by atoms with E-state index in [0.717, 1.165) is 12.0 Å². The zero-order valence-electron chi connectivity index (χ0n) is 10.3. The standard InChI is InChI=1S/C13H20O2/c1-6-8-13(15-5)12(7-2)9-10(3)11(4)14/h9,12-13H,7H2,1-5H3/b10-9-/t12-,13-/m1/s1. The van der Waals surface area contributed by atoms with Crippen LogP contribution in [0.3, 0.4) is 0 Å². The van der Waals surface area contributed by atoms with Crippen LogP contribution in [0.4, 0.5) is 0 Å². The van der Waals surface area contributed by atoms with E-state index in [1.807, 2.05) is 13.0 Å². The van der Waals surface area contributed by atoms with Gasteiger partial charge in [0.25, 0.3) is 0 Å². The lowest BCUT2D eigenvalue weighted by Crippen LogP contribution is -2.19. The van der Waals surface area contributed by atoms with Crippen molar-refractivity contribution in [2.45, 2.75) is 40.2 Å². The summed E-state index contributed by atoms with van der Waals surface area (Å²) in [5.41, 5.74) is 0.779. The lowest BCUT2D eigenvalue weighted by atomic mass is 9.96. The molecule has 0 rings (SSSR count). The van der Waals surface area contributed by atoms with Gasteiger partial charge in [-0.25, -0.2) is 0 Å². The Kier molecular flexibility index (Phi) is 6.73. The van der Waals surface area contributed by atoms with Crippen LogP contribution in [0.15, 0.2) is 11.6 Å². The summed E-state index contributed by atoms with van der Waals surface area (Å²) in [5.74, 6) is 6.14.